The lowest BCUT2D eigenvalue weighted by atomic mass is 10.0. The molecule has 0 aromatic carbocycles. The van der Waals surface area contributed by atoms with Crippen LogP contribution < -0.4 is 0 Å². The van der Waals surface area contributed by atoms with Crippen molar-refractivity contribution >= 4 is 5.97 Å². The molecule has 0 amide bonds. The van der Waals surface area contributed by atoms with Crippen LogP contribution in [0.25, 0.3) is 0 Å². The van der Waals surface area contributed by atoms with Gasteiger partial charge < -0.3 is 5.11 Å². The molecular formula is C14H19FN2O2. The zero-order chi connectivity index (χ0) is 14.0. The van der Waals surface area contributed by atoms with Crippen LogP contribution in [-0.2, 0) is 4.79 Å². The fourth-order valence-corrected chi connectivity index (χ4v) is 2.93. The molecule has 1 saturated heterocycles. The van der Waals surface area contributed by atoms with Crippen LogP contribution in [0.2, 0.25) is 0 Å². The van der Waals surface area contributed by atoms with Crippen LogP contribution in [0.5, 0.6) is 0 Å². The molecule has 1 fully saturated rings. The predicted molar refractivity (Wildman–Crippen MR) is 69.1 cm³/mol. The van der Waals surface area contributed by atoms with Gasteiger partial charge >= 0.3 is 5.97 Å². The molecule has 2 heterocycles. The van der Waals surface area contributed by atoms with Gasteiger partial charge in [-0.15, -0.1) is 0 Å². The normalized spacial score (nSPS) is 25.4. The van der Waals surface area contributed by atoms with E-state index in [9.17, 15) is 14.3 Å². The van der Waals surface area contributed by atoms with Gasteiger partial charge in [-0.2, -0.15) is 0 Å². The number of nitrogens with zero attached hydrogens (tertiary/aromatic N) is 2. The van der Waals surface area contributed by atoms with E-state index in [-0.39, 0.29) is 23.8 Å². The Morgan fingerprint density at radius 3 is 2.84 bits per heavy atom. The van der Waals surface area contributed by atoms with Gasteiger partial charge in [-0.3, -0.25) is 14.7 Å². The summed E-state index contributed by atoms with van der Waals surface area (Å²) in [4.78, 5) is 17.5. The Kier molecular flexibility index (Phi) is 4.14. The molecule has 1 aliphatic heterocycles. The highest BCUT2D eigenvalue weighted by molar-refractivity contribution is 5.71. The van der Waals surface area contributed by atoms with E-state index in [0.29, 0.717) is 6.42 Å². The Bertz CT molecular complexity index is 449. The molecular weight excluding hydrogens is 247 g/mol. The molecule has 1 aromatic heterocycles. The highest BCUT2D eigenvalue weighted by Crippen LogP contribution is 2.33. The Labute approximate surface area is 112 Å². The van der Waals surface area contributed by atoms with E-state index >= 15 is 0 Å². The molecule has 3 unspecified atom stereocenters. The van der Waals surface area contributed by atoms with Gasteiger partial charge in [-0.05, 0) is 31.9 Å². The van der Waals surface area contributed by atoms with E-state index in [1.165, 1.54) is 12.3 Å². The molecule has 1 aromatic rings. The minimum Gasteiger partial charge on any atom is -0.481 e. The van der Waals surface area contributed by atoms with E-state index in [1.54, 1.807) is 6.07 Å². The van der Waals surface area contributed by atoms with E-state index < -0.39 is 5.97 Å². The molecule has 104 valence electrons. The third-order valence-electron chi connectivity index (χ3n) is 4.00. The van der Waals surface area contributed by atoms with Gasteiger partial charge in [-0.1, -0.05) is 6.92 Å². The van der Waals surface area contributed by atoms with Gasteiger partial charge in [0.2, 0.25) is 0 Å². The first-order valence-electron chi connectivity index (χ1n) is 6.64. The number of pyridine rings is 1. The Hall–Kier alpha value is -1.49. The molecule has 0 aliphatic carbocycles. The minimum atomic E-state index is -0.739. The Balaban J connectivity index is 2.19. The van der Waals surface area contributed by atoms with Crippen LogP contribution >= 0.6 is 0 Å². The second kappa shape index (κ2) is 5.65. The van der Waals surface area contributed by atoms with Gasteiger partial charge in [0.15, 0.2) is 0 Å². The second-order valence-electron chi connectivity index (χ2n) is 5.04. The number of hydrogen-bond acceptors (Lipinski definition) is 3. The van der Waals surface area contributed by atoms with E-state index in [2.05, 4.69) is 9.88 Å². The monoisotopic (exact) mass is 266 g/mol. The number of hydrogen-bond donors (Lipinski definition) is 1. The maximum absolute atomic E-state index is 12.9. The van der Waals surface area contributed by atoms with Gasteiger partial charge in [0.25, 0.3) is 0 Å². The molecule has 19 heavy (non-hydrogen) atoms. The van der Waals surface area contributed by atoms with Crippen molar-refractivity contribution < 1.29 is 14.3 Å². The SMILES string of the molecule is CCC(c1ccc(F)cn1)N1CCC(C(=O)O)C1C. The highest BCUT2D eigenvalue weighted by Gasteiger charge is 2.39. The average molecular weight is 266 g/mol. The smallest absolute Gasteiger partial charge is 0.308 e. The lowest BCUT2D eigenvalue weighted by Gasteiger charge is -2.31. The first-order valence-corrected chi connectivity index (χ1v) is 6.64. The van der Waals surface area contributed by atoms with Crippen LogP contribution in [0.3, 0.4) is 0 Å². The molecule has 4 nitrogen and oxygen atoms in total. The molecule has 0 spiro atoms. The maximum Gasteiger partial charge on any atom is 0.308 e. The fraction of sp³-hybridized carbons (Fsp3) is 0.571. The largest absolute Gasteiger partial charge is 0.481 e. The number of halogens is 1. The topological polar surface area (TPSA) is 53.4 Å². The zero-order valence-corrected chi connectivity index (χ0v) is 11.2. The second-order valence-corrected chi connectivity index (χ2v) is 5.04. The van der Waals surface area contributed by atoms with Crippen LogP contribution in [0.4, 0.5) is 4.39 Å². The standard InChI is InChI=1S/C14H19FN2O2/c1-3-13(12-5-4-10(15)8-16-12)17-7-6-11(9(17)2)14(18)19/h4-5,8-9,11,13H,3,6-7H2,1-2H3,(H,18,19). The zero-order valence-electron chi connectivity index (χ0n) is 11.2. The summed E-state index contributed by atoms with van der Waals surface area (Å²) in [5.74, 6) is -1.41. The van der Waals surface area contributed by atoms with Crippen molar-refractivity contribution in [1.82, 2.24) is 9.88 Å². The van der Waals surface area contributed by atoms with Crippen LogP contribution in [-0.4, -0.2) is 33.5 Å². The average Bonchev–Trinajstić information content (AvgIpc) is 2.75. The number of carboxylic acids is 1. The van der Waals surface area contributed by atoms with Crippen LogP contribution in [0.1, 0.15) is 38.4 Å². The van der Waals surface area contributed by atoms with Gasteiger partial charge in [-0.25, -0.2) is 4.39 Å². The third kappa shape index (κ3) is 2.76. The molecule has 0 radical (unpaired) electrons. The lowest BCUT2D eigenvalue weighted by Crippen LogP contribution is -2.36. The number of aliphatic carboxylic acids is 1. The molecule has 0 saturated carbocycles. The van der Waals surface area contributed by atoms with Gasteiger partial charge in [0.05, 0.1) is 23.9 Å². The Morgan fingerprint density at radius 1 is 1.63 bits per heavy atom. The van der Waals surface area contributed by atoms with Crippen LogP contribution in [0, 0.1) is 11.7 Å². The lowest BCUT2D eigenvalue weighted by molar-refractivity contribution is -0.142. The molecule has 3 atom stereocenters. The number of rotatable bonds is 4. The molecule has 1 aliphatic rings. The molecule has 2 rings (SSSR count). The van der Waals surface area contributed by atoms with E-state index in [1.807, 2.05) is 13.8 Å². The number of carboxylic acid groups (broad SMARTS) is 1. The number of carbonyl (C=O) groups is 1. The summed E-state index contributed by atoms with van der Waals surface area (Å²) in [6.45, 7) is 4.73. The summed E-state index contributed by atoms with van der Waals surface area (Å²) in [7, 11) is 0. The third-order valence-corrected chi connectivity index (χ3v) is 4.00. The number of aromatic nitrogens is 1. The predicted octanol–water partition coefficient (Wildman–Crippen LogP) is 2.47. The fourth-order valence-electron chi connectivity index (χ4n) is 2.93. The first-order chi connectivity index (χ1) is 9.04. The van der Waals surface area contributed by atoms with Crippen molar-refractivity contribution in [3.63, 3.8) is 0 Å². The summed E-state index contributed by atoms with van der Waals surface area (Å²) < 4.78 is 12.9. The maximum atomic E-state index is 12.9. The van der Waals surface area contributed by atoms with E-state index in [4.69, 9.17) is 0 Å². The quantitative estimate of drug-likeness (QED) is 0.909. The van der Waals surface area contributed by atoms with Crippen molar-refractivity contribution in [3.05, 3.63) is 29.8 Å². The molecule has 1 N–H and O–H groups in total. The van der Waals surface area contributed by atoms with Crippen molar-refractivity contribution in [2.75, 3.05) is 6.54 Å². The summed E-state index contributed by atoms with van der Waals surface area (Å²) in [5, 5.41) is 9.17. The highest BCUT2D eigenvalue weighted by atomic mass is 19.1. The summed E-state index contributed by atoms with van der Waals surface area (Å²) >= 11 is 0. The molecule has 0 bridgehead atoms. The number of likely N-dealkylation sites (tertiary alicyclic amines) is 1. The summed E-state index contributed by atoms with van der Waals surface area (Å²) in [6.07, 6.45) is 2.71. The van der Waals surface area contributed by atoms with Crippen LogP contribution in [0.15, 0.2) is 18.3 Å². The van der Waals surface area contributed by atoms with Gasteiger partial charge in [0, 0.05) is 12.6 Å². The van der Waals surface area contributed by atoms with Crippen molar-refractivity contribution in [2.24, 2.45) is 5.92 Å². The van der Waals surface area contributed by atoms with E-state index in [0.717, 1.165) is 18.7 Å². The van der Waals surface area contributed by atoms with Crippen molar-refractivity contribution in [2.45, 2.75) is 38.8 Å². The first kappa shape index (κ1) is 13.9. The minimum absolute atomic E-state index is 0.0192. The van der Waals surface area contributed by atoms with Gasteiger partial charge in [0.1, 0.15) is 5.82 Å². The Morgan fingerprint density at radius 2 is 2.37 bits per heavy atom. The summed E-state index contributed by atoms with van der Waals surface area (Å²) in [5.41, 5.74) is 0.807. The summed E-state index contributed by atoms with van der Waals surface area (Å²) in [6, 6.07) is 3.12. The van der Waals surface area contributed by atoms with Crippen molar-refractivity contribution in [3.8, 4) is 0 Å². The molecule has 5 heteroatoms. The van der Waals surface area contributed by atoms with Crippen molar-refractivity contribution in [1.29, 1.82) is 0 Å².